The first-order valence-corrected chi connectivity index (χ1v) is 8.81. The number of ether oxygens (including phenoxy) is 2. The monoisotopic (exact) mass is 377 g/mol. The molecule has 0 saturated carbocycles. The molecule has 7 nitrogen and oxygen atoms in total. The molecule has 1 N–H and O–H groups in total. The van der Waals surface area contributed by atoms with Crippen LogP contribution in [0.25, 0.3) is 0 Å². The Labute approximate surface area is 159 Å². The maximum absolute atomic E-state index is 12.8. The zero-order chi connectivity index (χ0) is 20.6. The summed E-state index contributed by atoms with van der Waals surface area (Å²) < 4.78 is 10.3. The third-order valence-electron chi connectivity index (χ3n) is 3.49. The van der Waals surface area contributed by atoms with E-state index in [1.54, 1.807) is 58.0 Å². The number of amides is 1. The lowest BCUT2D eigenvalue weighted by Gasteiger charge is -2.26. The molecule has 1 unspecified atom stereocenters. The Morgan fingerprint density at radius 3 is 2.11 bits per heavy atom. The summed E-state index contributed by atoms with van der Waals surface area (Å²) in [6, 6.07) is 7.11. The third-order valence-corrected chi connectivity index (χ3v) is 3.49. The topological polar surface area (TPSA) is 98.8 Å². The van der Waals surface area contributed by atoms with Crippen LogP contribution in [0.15, 0.2) is 30.3 Å². The van der Waals surface area contributed by atoms with Gasteiger partial charge in [0, 0.05) is 12.5 Å². The molecule has 0 aromatic heterocycles. The van der Waals surface area contributed by atoms with Crippen LogP contribution in [0.2, 0.25) is 0 Å². The smallest absolute Gasteiger partial charge is 0.329 e. The van der Waals surface area contributed by atoms with Gasteiger partial charge in [0.2, 0.25) is 5.91 Å². The van der Waals surface area contributed by atoms with E-state index in [0.29, 0.717) is 5.56 Å². The fourth-order valence-electron chi connectivity index (χ4n) is 2.42. The number of nitrogens with one attached hydrogen (secondary N) is 1. The Bertz CT molecular complexity index is 677. The van der Waals surface area contributed by atoms with Crippen LogP contribution in [0.3, 0.4) is 0 Å². The van der Waals surface area contributed by atoms with Crippen molar-refractivity contribution in [1.82, 2.24) is 5.32 Å². The highest BCUT2D eigenvalue weighted by atomic mass is 16.6. The first-order chi connectivity index (χ1) is 12.5. The largest absolute Gasteiger partial charge is 0.465 e. The molecule has 7 heteroatoms. The van der Waals surface area contributed by atoms with Gasteiger partial charge in [0.05, 0.1) is 6.61 Å². The first-order valence-electron chi connectivity index (χ1n) is 8.81. The Balaban J connectivity index is 3.13. The number of carbonyl (C=O) groups excluding carboxylic acids is 4. The number of Topliss-reactive ketones (excluding diaryl/α,β-unsaturated/α-hetero) is 1. The van der Waals surface area contributed by atoms with E-state index in [0.717, 1.165) is 0 Å². The predicted molar refractivity (Wildman–Crippen MR) is 99.0 cm³/mol. The highest BCUT2D eigenvalue weighted by Crippen LogP contribution is 2.19. The molecule has 0 aliphatic carbocycles. The van der Waals surface area contributed by atoms with Crippen molar-refractivity contribution in [3.8, 4) is 0 Å². The first kappa shape index (κ1) is 22.3. The molecule has 0 saturated heterocycles. The van der Waals surface area contributed by atoms with Gasteiger partial charge in [0.15, 0.2) is 5.78 Å². The van der Waals surface area contributed by atoms with Gasteiger partial charge in [0.1, 0.15) is 17.6 Å². The van der Waals surface area contributed by atoms with Crippen LogP contribution in [0.1, 0.15) is 51.4 Å². The van der Waals surface area contributed by atoms with E-state index < -0.39 is 41.2 Å². The minimum Gasteiger partial charge on any atom is -0.465 e. The van der Waals surface area contributed by atoms with E-state index in [-0.39, 0.29) is 13.0 Å². The molecule has 0 aliphatic heterocycles. The van der Waals surface area contributed by atoms with Gasteiger partial charge >= 0.3 is 11.9 Å². The maximum atomic E-state index is 12.8. The summed E-state index contributed by atoms with van der Waals surface area (Å²) in [5.74, 6) is -3.65. The lowest BCUT2D eigenvalue weighted by Crippen LogP contribution is -2.46. The highest BCUT2D eigenvalue weighted by molar-refractivity contribution is 6.09. The standard InChI is InChI=1S/C20H27NO6/c1-6-26-18(24)15(17(23)14-10-8-7-9-11-14)12-16(21-13(2)22)19(25)27-20(3,4)5/h7-11,15-16H,6,12H2,1-5H3,(H,21,22)/t15?,16-/m0/s1. The van der Waals surface area contributed by atoms with E-state index in [1.165, 1.54) is 6.92 Å². The summed E-state index contributed by atoms with van der Waals surface area (Å²) in [5, 5.41) is 2.46. The average molecular weight is 377 g/mol. The fourth-order valence-corrected chi connectivity index (χ4v) is 2.42. The lowest BCUT2D eigenvalue weighted by molar-refractivity contribution is -0.159. The highest BCUT2D eigenvalue weighted by Gasteiger charge is 2.36. The second kappa shape index (κ2) is 9.85. The number of benzene rings is 1. The second-order valence-electron chi connectivity index (χ2n) is 7.06. The summed E-state index contributed by atoms with van der Waals surface area (Å²) in [6.07, 6.45) is -0.249. The van der Waals surface area contributed by atoms with E-state index in [4.69, 9.17) is 9.47 Å². The summed E-state index contributed by atoms with van der Waals surface area (Å²) in [4.78, 5) is 49.2. The van der Waals surface area contributed by atoms with Crippen LogP contribution in [0.5, 0.6) is 0 Å². The van der Waals surface area contributed by atoms with Crippen LogP contribution in [-0.4, -0.2) is 41.9 Å². The van der Waals surface area contributed by atoms with Crippen molar-refractivity contribution in [3.05, 3.63) is 35.9 Å². The molecule has 27 heavy (non-hydrogen) atoms. The second-order valence-corrected chi connectivity index (χ2v) is 7.06. The molecule has 1 aromatic carbocycles. The van der Waals surface area contributed by atoms with Crippen molar-refractivity contribution in [2.45, 2.75) is 52.7 Å². The number of rotatable bonds is 8. The summed E-state index contributed by atoms with van der Waals surface area (Å²) in [5.41, 5.74) is -0.460. The van der Waals surface area contributed by atoms with Crippen molar-refractivity contribution < 1.29 is 28.7 Å². The third kappa shape index (κ3) is 7.60. The molecule has 0 spiro atoms. The molecule has 1 aromatic rings. The van der Waals surface area contributed by atoms with E-state index in [9.17, 15) is 19.2 Å². The Kier molecular flexibility index (Phi) is 8.15. The molecule has 0 heterocycles. The summed E-state index contributed by atoms with van der Waals surface area (Å²) in [6.45, 7) is 8.03. The SMILES string of the molecule is CCOC(=O)C(C[C@H](NC(C)=O)C(=O)OC(C)(C)C)C(=O)c1ccccc1. The normalized spacial score (nSPS) is 13.2. The number of carbonyl (C=O) groups is 4. The quantitative estimate of drug-likeness (QED) is 0.424. The number of esters is 2. The van der Waals surface area contributed by atoms with Crippen molar-refractivity contribution in [2.75, 3.05) is 6.61 Å². The molecule has 0 fully saturated rings. The van der Waals surface area contributed by atoms with E-state index in [1.807, 2.05) is 0 Å². The van der Waals surface area contributed by atoms with Gasteiger partial charge in [-0.3, -0.25) is 14.4 Å². The van der Waals surface area contributed by atoms with E-state index >= 15 is 0 Å². The number of ketones is 1. The van der Waals surface area contributed by atoms with Gasteiger partial charge in [-0.1, -0.05) is 30.3 Å². The number of hydrogen-bond donors (Lipinski definition) is 1. The molecular formula is C20H27NO6. The zero-order valence-corrected chi connectivity index (χ0v) is 16.4. The predicted octanol–water partition coefficient (Wildman–Crippen LogP) is 2.29. The maximum Gasteiger partial charge on any atom is 0.329 e. The van der Waals surface area contributed by atoms with Gasteiger partial charge in [0.25, 0.3) is 0 Å². The molecule has 0 radical (unpaired) electrons. The fraction of sp³-hybridized carbons (Fsp3) is 0.500. The van der Waals surface area contributed by atoms with E-state index in [2.05, 4.69) is 5.32 Å². The van der Waals surface area contributed by atoms with Gasteiger partial charge in [-0.15, -0.1) is 0 Å². The average Bonchev–Trinajstić information content (AvgIpc) is 2.57. The van der Waals surface area contributed by atoms with Crippen LogP contribution in [-0.2, 0) is 23.9 Å². The van der Waals surface area contributed by atoms with Crippen molar-refractivity contribution in [3.63, 3.8) is 0 Å². The molecular weight excluding hydrogens is 350 g/mol. The van der Waals surface area contributed by atoms with Crippen LogP contribution < -0.4 is 5.32 Å². The molecule has 1 amide bonds. The van der Waals surface area contributed by atoms with Crippen LogP contribution >= 0.6 is 0 Å². The lowest BCUT2D eigenvalue weighted by atomic mass is 9.91. The van der Waals surface area contributed by atoms with Crippen molar-refractivity contribution >= 4 is 23.6 Å². The van der Waals surface area contributed by atoms with Crippen molar-refractivity contribution in [2.24, 2.45) is 5.92 Å². The van der Waals surface area contributed by atoms with Gasteiger partial charge < -0.3 is 14.8 Å². The van der Waals surface area contributed by atoms with Crippen LogP contribution in [0.4, 0.5) is 0 Å². The zero-order valence-electron chi connectivity index (χ0n) is 16.4. The minimum atomic E-state index is -1.24. The molecule has 1 rings (SSSR count). The molecule has 0 bridgehead atoms. The Morgan fingerprint density at radius 1 is 1.04 bits per heavy atom. The Morgan fingerprint density at radius 2 is 1.63 bits per heavy atom. The molecule has 2 atom stereocenters. The minimum absolute atomic E-state index is 0.0919. The van der Waals surface area contributed by atoms with Gasteiger partial charge in [-0.25, -0.2) is 4.79 Å². The van der Waals surface area contributed by atoms with Crippen LogP contribution in [0, 0.1) is 5.92 Å². The Hall–Kier alpha value is -2.70. The molecule has 0 aliphatic rings. The number of hydrogen-bond acceptors (Lipinski definition) is 6. The summed E-state index contributed by atoms with van der Waals surface area (Å²) in [7, 11) is 0. The van der Waals surface area contributed by atoms with Gasteiger partial charge in [-0.05, 0) is 34.1 Å². The van der Waals surface area contributed by atoms with Crippen molar-refractivity contribution in [1.29, 1.82) is 0 Å². The van der Waals surface area contributed by atoms with Gasteiger partial charge in [-0.2, -0.15) is 0 Å². The molecule has 148 valence electrons. The summed E-state index contributed by atoms with van der Waals surface area (Å²) >= 11 is 0.